The third-order valence-electron chi connectivity index (χ3n) is 5.80. The maximum atomic E-state index is 11.6. The van der Waals surface area contributed by atoms with Gasteiger partial charge in [0, 0.05) is 0 Å². The zero-order valence-corrected chi connectivity index (χ0v) is 24.8. The molecule has 0 spiro atoms. The van der Waals surface area contributed by atoms with Gasteiger partial charge in [-0.05, 0) is 90.9 Å². The Kier molecular flexibility index (Phi) is 11.9. The van der Waals surface area contributed by atoms with Crippen molar-refractivity contribution < 1.29 is 34.4 Å². The molecule has 11 heteroatoms. The average Bonchev–Trinajstić information content (AvgIpc) is 2.83. The van der Waals surface area contributed by atoms with Crippen LogP contribution < -0.4 is 0 Å². The highest BCUT2D eigenvalue weighted by Crippen LogP contribution is 2.33. The first-order valence-corrected chi connectivity index (χ1v) is 16.4. The molecule has 0 aliphatic heterocycles. The molecule has 3 rings (SSSR count). The SMILES string of the molecule is C=C.CCCS(=O)(=O)c1ccc(C)cc1.CCc1cc(S(=O)(=O)O)cc2cc(S(=O)(=O)O)c(C)c(CC)c12. The Bertz CT molecular complexity index is 1590. The molecule has 210 valence electrons. The molecule has 0 amide bonds. The topological polar surface area (TPSA) is 143 Å². The van der Waals surface area contributed by atoms with E-state index in [0.717, 1.165) is 16.5 Å². The van der Waals surface area contributed by atoms with E-state index in [1.54, 1.807) is 19.1 Å². The first-order chi connectivity index (χ1) is 17.6. The number of hydrogen-bond acceptors (Lipinski definition) is 6. The number of rotatable bonds is 7. The highest BCUT2D eigenvalue weighted by molar-refractivity contribution is 7.91. The van der Waals surface area contributed by atoms with Crippen molar-refractivity contribution in [2.75, 3.05) is 5.75 Å². The Morgan fingerprint density at radius 1 is 0.737 bits per heavy atom. The predicted molar refractivity (Wildman–Crippen MR) is 152 cm³/mol. The van der Waals surface area contributed by atoms with E-state index < -0.39 is 30.1 Å². The van der Waals surface area contributed by atoms with Crippen molar-refractivity contribution in [1.29, 1.82) is 0 Å². The van der Waals surface area contributed by atoms with Gasteiger partial charge in [0.15, 0.2) is 9.84 Å². The second-order valence-corrected chi connectivity index (χ2v) is 13.4. The minimum Gasteiger partial charge on any atom is -0.282 e. The van der Waals surface area contributed by atoms with Crippen LogP contribution in [-0.4, -0.2) is 40.1 Å². The third kappa shape index (κ3) is 8.21. The van der Waals surface area contributed by atoms with Crippen molar-refractivity contribution in [1.82, 2.24) is 0 Å². The van der Waals surface area contributed by atoms with Gasteiger partial charge >= 0.3 is 0 Å². The van der Waals surface area contributed by atoms with Crippen molar-refractivity contribution in [3.63, 3.8) is 0 Å². The zero-order chi connectivity index (χ0) is 29.5. The summed E-state index contributed by atoms with van der Waals surface area (Å²) in [6.07, 6.45) is 1.69. The molecule has 0 unspecified atom stereocenters. The number of benzene rings is 3. The average molecular weight is 585 g/mol. The molecule has 0 aromatic heterocycles. The summed E-state index contributed by atoms with van der Waals surface area (Å²) in [6.45, 7) is 15.1. The molecule has 0 bridgehead atoms. The van der Waals surface area contributed by atoms with E-state index in [0.29, 0.717) is 40.7 Å². The van der Waals surface area contributed by atoms with Crippen LogP contribution in [0.2, 0.25) is 0 Å². The first-order valence-electron chi connectivity index (χ1n) is 11.9. The van der Waals surface area contributed by atoms with Crippen LogP contribution in [-0.2, 0) is 42.9 Å². The predicted octanol–water partition coefficient (Wildman–Crippen LogP) is 5.75. The summed E-state index contributed by atoms with van der Waals surface area (Å²) in [5.74, 6) is 0.232. The van der Waals surface area contributed by atoms with Gasteiger partial charge in [0.25, 0.3) is 20.2 Å². The fourth-order valence-electron chi connectivity index (χ4n) is 4.03. The van der Waals surface area contributed by atoms with Crippen LogP contribution in [0.3, 0.4) is 0 Å². The number of aryl methyl sites for hydroxylation is 3. The Morgan fingerprint density at radius 2 is 1.29 bits per heavy atom. The fourth-order valence-corrected chi connectivity index (χ4v) is 6.71. The van der Waals surface area contributed by atoms with Crippen molar-refractivity contribution in [3.8, 4) is 0 Å². The van der Waals surface area contributed by atoms with E-state index in [1.807, 2.05) is 39.8 Å². The second-order valence-electron chi connectivity index (χ2n) is 8.45. The van der Waals surface area contributed by atoms with Crippen LogP contribution in [0.1, 0.15) is 49.4 Å². The van der Waals surface area contributed by atoms with Crippen molar-refractivity contribution in [2.24, 2.45) is 0 Å². The fraction of sp³-hybridized carbons (Fsp3) is 0.333. The molecule has 8 nitrogen and oxygen atoms in total. The van der Waals surface area contributed by atoms with Gasteiger partial charge in [0.2, 0.25) is 0 Å². The maximum Gasteiger partial charge on any atom is 0.294 e. The Balaban J connectivity index is 0.000000408. The van der Waals surface area contributed by atoms with Crippen molar-refractivity contribution >= 4 is 40.8 Å². The summed E-state index contributed by atoms with van der Waals surface area (Å²) < 4.78 is 87.8. The molecule has 0 radical (unpaired) electrons. The van der Waals surface area contributed by atoms with Crippen LogP contribution in [0, 0.1) is 13.8 Å². The van der Waals surface area contributed by atoms with Crippen molar-refractivity contribution in [3.05, 3.63) is 77.9 Å². The lowest BCUT2D eigenvalue weighted by Gasteiger charge is -2.16. The number of sulfone groups is 1. The van der Waals surface area contributed by atoms with Gasteiger partial charge in [-0.25, -0.2) is 8.42 Å². The summed E-state index contributed by atoms with van der Waals surface area (Å²) in [7, 11) is -11.9. The Morgan fingerprint density at radius 3 is 1.71 bits per heavy atom. The third-order valence-corrected chi connectivity index (χ3v) is 9.55. The van der Waals surface area contributed by atoms with Gasteiger partial charge in [-0.2, -0.15) is 16.8 Å². The quantitative estimate of drug-likeness (QED) is 0.264. The van der Waals surface area contributed by atoms with Gasteiger partial charge in [-0.15, -0.1) is 13.2 Å². The van der Waals surface area contributed by atoms with Gasteiger partial charge in [-0.3, -0.25) is 9.11 Å². The van der Waals surface area contributed by atoms with Gasteiger partial charge in [0.05, 0.1) is 20.4 Å². The summed E-state index contributed by atoms with van der Waals surface area (Å²) in [5.41, 5.74) is 2.94. The molecule has 3 aromatic carbocycles. The van der Waals surface area contributed by atoms with Crippen LogP contribution in [0.4, 0.5) is 0 Å². The summed E-state index contributed by atoms with van der Waals surface area (Å²) in [4.78, 5) is -0.120. The molecule has 0 saturated carbocycles. The van der Waals surface area contributed by atoms with Crippen LogP contribution in [0.5, 0.6) is 0 Å². The largest absolute Gasteiger partial charge is 0.294 e. The van der Waals surface area contributed by atoms with Crippen LogP contribution in [0.15, 0.2) is 70.3 Å². The molecule has 0 aliphatic carbocycles. The summed E-state index contributed by atoms with van der Waals surface area (Å²) in [5, 5.41) is 1.11. The molecule has 0 heterocycles. The Labute approximate surface area is 226 Å². The van der Waals surface area contributed by atoms with E-state index in [4.69, 9.17) is 0 Å². The minimum atomic E-state index is -4.44. The zero-order valence-electron chi connectivity index (χ0n) is 22.4. The van der Waals surface area contributed by atoms with Crippen molar-refractivity contribution in [2.45, 2.75) is 68.6 Å². The molecule has 3 aromatic rings. The maximum absolute atomic E-state index is 11.6. The molecule has 38 heavy (non-hydrogen) atoms. The Hall–Kier alpha value is -2.57. The molecular formula is C27H36O8S3. The van der Waals surface area contributed by atoms with Crippen LogP contribution >= 0.6 is 0 Å². The summed E-state index contributed by atoms with van der Waals surface area (Å²) in [6, 6.07) is 10.8. The van der Waals surface area contributed by atoms with Gasteiger partial charge < -0.3 is 0 Å². The molecule has 0 atom stereocenters. The minimum absolute atomic E-state index is 0.232. The normalized spacial score (nSPS) is 11.8. The van der Waals surface area contributed by atoms with E-state index >= 15 is 0 Å². The number of hydrogen-bond donors (Lipinski definition) is 2. The lowest BCUT2D eigenvalue weighted by Crippen LogP contribution is -2.06. The highest BCUT2D eigenvalue weighted by atomic mass is 32.2. The molecule has 2 N–H and O–H groups in total. The monoisotopic (exact) mass is 584 g/mol. The molecule has 0 fully saturated rings. The van der Waals surface area contributed by atoms with Gasteiger partial charge in [-0.1, -0.05) is 38.5 Å². The van der Waals surface area contributed by atoms with E-state index in [2.05, 4.69) is 13.2 Å². The highest BCUT2D eigenvalue weighted by Gasteiger charge is 2.21. The smallest absolute Gasteiger partial charge is 0.282 e. The molecule has 0 aliphatic rings. The van der Waals surface area contributed by atoms with Gasteiger partial charge in [0.1, 0.15) is 0 Å². The van der Waals surface area contributed by atoms with E-state index in [1.165, 1.54) is 18.2 Å². The lowest BCUT2D eigenvalue weighted by molar-refractivity contribution is 0.481. The second kappa shape index (κ2) is 13.5. The van der Waals surface area contributed by atoms with E-state index in [9.17, 15) is 34.4 Å². The molecular weight excluding hydrogens is 548 g/mol. The first kappa shape index (κ1) is 33.5. The summed E-state index contributed by atoms with van der Waals surface area (Å²) >= 11 is 0. The van der Waals surface area contributed by atoms with E-state index in [-0.39, 0.29) is 15.5 Å². The standard InChI is InChI=1S/C15H18O6S2.C10H14O2S.C2H4/c1-4-10-6-12(22(16,17)18)7-11-8-14(23(19,20)21)9(3)13(5-2)15(10)11;1-3-8-13(11,12)10-6-4-9(2)5-7-10;1-2/h6-8H,4-5H2,1-3H3,(H,16,17,18)(H,19,20,21);4-7H,3,8H2,1-2H3;1-2H2. The molecule has 0 saturated heterocycles. The van der Waals surface area contributed by atoms with Crippen LogP contribution in [0.25, 0.3) is 10.8 Å². The lowest BCUT2D eigenvalue weighted by atomic mass is 9.93. The number of fused-ring (bicyclic) bond motifs is 1.